The highest BCUT2D eigenvalue weighted by atomic mass is 16.5. The van der Waals surface area contributed by atoms with Gasteiger partial charge in [0.1, 0.15) is 24.1 Å². The van der Waals surface area contributed by atoms with E-state index in [9.17, 15) is 51.1 Å². The maximum atomic E-state index is 11.6. The average Bonchev–Trinajstić information content (AvgIpc) is 2.97. The summed E-state index contributed by atoms with van der Waals surface area (Å²) in [4.78, 5) is 0. The Morgan fingerprint density at radius 3 is 1.74 bits per heavy atom. The maximum Gasteiger partial charge on any atom is 0.201 e. The van der Waals surface area contributed by atoms with Crippen molar-refractivity contribution < 1.29 is 60.5 Å². The molecular formula is C30H26O12. The third-order valence-corrected chi connectivity index (χ3v) is 7.74. The fraction of sp³-hybridized carbons (Fsp3) is 0.200. The zero-order valence-corrected chi connectivity index (χ0v) is 21.5. The quantitative estimate of drug-likeness (QED) is 0.159. The van der Waals surface area contributed by atoms with Crippen LogP contribution in [0.15, 0.2) is 60.7 Å². The Balaban J connectivity index is 1.50. The van der Waals surface area contributed by atoms with Gasteiger partial charge in [0, 0.05) is 22.6 Å². The van der Waals surface area contributed by atoms with Gasteiger partial charge in [0.2, 0.25) is 11.5 Å². The molecule has 42 heavy (non-hydrogen) atoms. The number of phenolic OH excluding ortho intramolecular Hbond substituents is 7. The molecule has 6 unspecified atom stereocenters. The Hall–Kier alpha value is -5.04. The van der Waals surface area contributed by atoms with Crippen LogP contribution >= 0.6 is 0 Å². The maximum absolute atomic E-state index is 11.6. The normalized spacial score (nSPS) is 24.6. The van der Waals surface area contributed by atoms with Gasteiger partial charge in [-0.05, 0) is 47.5 Å². The molecule has 0 fully saturated rings. The van der Waals surface area contributed by atoms with E-state index in [4.69, 9.17) is 9.47 Å². The highest BCUT2D eigenvalue weighted by molar-refractivity contribution is 5.66. The third-order valence-electron chi connectivity index (χ3n) is 7.74. The van der Waals surface area contributed by atoms with Gasteiger partial charge in [-0.2, -0.15) is 0 Å². The van der Waals surface area contributed by atoms with Crippen molar-refractivity contribution in [3.8, 4) is 51.7 Å². The molecule has 2 heterocycles. The smallest absolute Gasteiger partial charge is 0.201 e. The summed E-state index contributed by atoms with van der Waals surface area (Å²) in [7, 11) is 0. The van der Waals surface area contributed by atoms with Gasteiger partial charge in [0.15, 0.2) is 46.7 Å². The van der Waals surface area contributed by atoms with Crippen molar-refractivity contribution in [3.05, 3.63) is 88.5 Å². The summed E-state index contributed by atoms with van der Waals surface area (Å²) in [5.74, 6) is -5.57. The lowest BCUT2D eigenvalue weighted by Crippen LogP contribution is -2.36. The molecule has 6 rings (SSSR count). The number of fused-ring (bicyclic) bond motifs is 2. The van der Waals surface area contributed by atoms with Gasteiger partial charge < -0.3 is 60.5 Å². The number of hydrogen-bond acceptors (Lipinski definition) is 12. The summed E-state index contributed by atoms with van der Waals surface area (Å²) in [5, 5.41) is 106. The molecule has 0 amide bonds. The Morgan fingerprint density at radius 2 is 1.07 bits per heavy atom. The second kappa shape index (κ2) is 9.80. The molecule has 0 bridgehead atoms. The average molecular weight is 579 g/mol. The molecule has 4 aromatic rings. The lowest BCUT2D eigenvalue weighted by atomic mass is 9.78. The molecule has 0 saturated carbocycles. The molecule has 218 valence electrons. The van der Waals surface area contributed by atoms with Crippen molar-refractivity contribution in [2.24, 2.45) is 0 Å². The second-order valence-corrected chi connectivity index (χ2v) is 10.3. The minimum absolute atomic E-state index is 0.0365. The van der Waals surface area contributed by atoms with Crippen LogP contribution in [0, 0.1) is 0 Å². The van der Waals surface area contributed by atoms with Crippen LogP contribution in [0.1, 0.15) is 52.0 Å². The summed E-state index contributed by atoms with van der Waals surface area (Å²) in [6, 6.07) is 13.0. The van der Waals surface area contributed by atoms with Crippen LogP contribution in [0.4, 0.5) is 0 Å². The Kier molecular flexibility index (Phi) is 6.34. The SMILES string of the molecule is Oc1ccc(C2Oc3c(cc(C4c5ccc(O)c(O)c5OC(c5ccc(O)c(O)c5)C4O)c(O)c3O)C(O)C2O)cc1. The summed E-state index contributed by atoms with van der Waals surface area (Å²) in [5.41, 5.74) is 0.384. The van der Waals surface area contributed by atoms with Crippen molar-refractivity contribution in [1.29, 1.82) is 0 Å². The number of rotatable bonds is 3. The predicted octanol–water partition coefficient (Wildman–Crippen LogP) is 2.78. The topological polar surface area (TPSA) is 221 Å². The standard InChI is InChI=1S/C30H26O12/c31-13-4-1-11(2-5-13)27-25(39)22(36)16-10-15(21(35)26(40)30(16)41-27)20-14-6-8-18(33)23(37)29(14)42-28(24(20)38)12-3-7-17(32)19(34)9-12/h1-10,20,22,24-25,27-28,31-40H. The number of aliphatic hydroxyl groups is 3. The fourth-order valence-electron chi connectivity index (χ4n) is 5.57. The van der Waals surface area contributed by atoms with E-state index < -0.39 is 70.9 Å². The molecule has 12 nitrogen and oxygen atoms in total. The van der Waals surface area contributed by atoms with Gasteiger partial charge in [-0.15, -0.1) is 0 Å². The second-order valence-electron chi connectivity index (χ2n) is 10.3. The Labute approximate surface area is 237 Å². The van der Waals surface area contributed by atoms with E-state index in [-0.39, 0.29) is 39.5 Å². The van der Waals surface area contributed by atoms with Gasteiger partial charge in [0.25, 0.3) is 0 Å². The van der Waals surface area contributed by atoms with Crippen LogP contribution in [-0.4, -0.2) is 63.3 Å². The number of benzene rings is 4. The number of aromatic hydroxyl groups is 7. The van der Waals surface area contributed by atoms with E-state index in [1.165, 1.54) is 42.5 Å². The fourth-order valence-corrected chi connectivity index (χ4v) is 5.57. The lowest BCUT2D eigenvalue weighted by molar-refractivity contribution is -0.0711. The van der Waals surface area contributed by atoms with E-state index in [1.54, 1.807) is 0 Å². The van der Waals surface area contributed by atoms with Crippen LogP contribution < -0.4 is 9.47 Å². The van der Waals surface area contributed by atoms with Crippen molar-refractivity contribution in [2.45, 2.75) is 36.4 Å². The van der Waals surface area contributed by atoms with Gasteiger partial charge in [-0.1, -0.05) is 24.3 Å². The minimum Gasteiger partial charge on any atom is -0.508 e. The van der Waals surface area contributed by atoms with Gasteiger partial charge in [-0.3, -0.25) is 0 Å². The van der Waals surface area contributed by atoms with E-state index in [0.717, 1.165) is 18.2 Å². The molecule has 0 radical (unpaired) electrons. The number of ether oxygens (including phenoxy) is 2. The van der Waals surface area contributed by atoms with Crippen LogP contribution in [0.5, 0.6) is 51.7 Å². The van der Waals surface area contributed by atoms with Crippen LogP contribution in [0.2, 0.25) is 0 Å². The monoisotopic (exact) mass is 578 g/mol. The van der Waals surface area contributed by atoms with E-state index in [2.05, 4.69) is 0 Å². The Bertz CT molecular complexity index is 1690. The molecule has 0 saturated heterocycles. The zero-order chi connectivity index (χ0) is 30.0. The molecule has 12 heteroatoms. The minimum atomic E-state index is -1.63. The van der Waals surface area contributed by atoms with E-state index in [1.807, 2.05) is 0 Å². The third kappa shape index (κ3) is 4.12. The van der Waals surface area contributed by atoms with Crippen molar-refractivity contribution in [2.75, 3.05) is 0 Å². The molecule has 0 aromatic heterocycles. The highest BCUT2D eigenvalue weighted by Gasteiger charge is 2.45. The molecule has 4 aromatic carbocycles. The van der Waals surface area contributed by atoms with Gasteiger partial charge in [-0.25, -0.2) is 0 Å². The Morgan fingerprint density at radius 1 is 0.476 bits per heavy atom. The van der Waals surface area contributed by atoms with Crippen LogP contribution in [0.3, 0.4) is 0 Å². The molecular weight excluding hydrogens is 552 g/mol. The first kappa shape index (κ1) is 27.1. The lowest BCUT2D eigenvalue weighted by Gasteiger charge is -2.39. The zero-order valence-electron chi connectivity index (χ0n) is 21.5. The molecule has 10 N–H and O–H groups in total. The summed E-state index contributed by atoms with van der Waals surface area (Å²) >= 11 is 0. The number of phenols is 7. The molecule has 2 aliphatic rings. The van der Waals surface area contributed by atoms with Crippen molar-refractivity contribution in [1.82, 2.24) is 0 Å². The molecule has 6 atom stereocenters. The molecule has 2 aliphatic heterocycles. The largest absolute Gasteiger partial charge is 0.508 e. The van der Waals surface area contributed by atoms with Gasteiger partial charge in [0.05, 0.1) is 0 Å². The molecule has 0 spiro atoms. The van der Waals surface area contributed by atoms with Crippen LogP contribution in [-0.2, 0) is 0 Å². The van der Waals surface area contributed by atoms with Crippen molar-refractivity contribution >= 4 is 0 Å². The summed E-state index contributed by atoms with van der Waals surface area (Å²) in [6.45, 7) is 0. The summed E-state index contributed by atoms with van der Waals surface area (Å²) in [6.07, 6.45) is -7.24. The first-order valence-corrected chi connectivity index (χ1v) is 12.8. The van der Waals surface area contributed by atoms with E-state index in [0.29, 0.717) is 5.56 Å². The van der Waals surface area contributed by atoms with Crippen molar-refractivity contribution in [3.63, 3.8) is 0 Å². The number of hydrogen-bond donors (Lipinski definition) is 10. The summed E-state index contributed by atoms with van der Waals surface area (Å²) < 4.78 is 11.7. The van der Waals surface area contributed by atoms with Crippen LogP contribution in [0.25, 0.3) is 0 Å². The van der Waals surface area contributed by atoms with E-state index >= 15 is 0 Å². The van der Waals surface area contributed by atoms with Gasteiger partial charge >= 0.3 is 0 Å². The predicted molar refractivity (Wildman–Crippen MR) is 143 cm³/mol. The number of aliphatic hydroxyl groups excluding tert-OH is 3. The first-order valence-electron chi connectivity index (χ1n) is 12.8. The first-order chi connectivity index (χ1) is 20.0. The highest BCUT2D eigenvalue weighted by Crippen LogP contribution is 2.57. The molecule has 0 aliphatic carbocycles.